The van der Waals surface area contributed by atoms with Gasteiger partial charge in [0.2, 0.25) is 0 Å². The maximum absolute atomic E-state index is 5.87. The van der Waals surface area contributed by atoms with Gasteiger partial charge in [0, 0.05) is 25.3 Å². The number of rotatable bonds is 4. The maximum atomic E-state index is 5.87. The Balaban J connectivity index is 2.09. The lowest BCUT2D eigenvalue weighted by Gasteiger charge is -2.34. The largest absolute Gasteiger partial charge is 0.330 e. The minimum atomic E-state index is 0.402. The molecule has 0 aromatic carbocycles. The SMILES string of the molecule is CC(c1ccnn1C)N(C)C1CCCC1CN. The number of aromatic nitrogens is 2. The van der Waals surface area contributed by atoms with Gasteiger partial charge >= 0.3 is 0 Å². The molecule has 17 heavy (non-hydrogen) atoms. The molecule has 1 aliphatic rings. The zero-order valence-corrected chi connectivity index (χ0v) is 11.1. The molecule has 1 heterocycles. The molecular formula is C13H24N4. The summed E-state index contributed by atoms with van der Waals surface area (Å²) in [4.78, 5) is 2.47. The summed E-state index contributed by atoms with van der Waals surface area (Å²) in [6.07, 6.45) is 5.74. The highest BCUT2D eigenvalue weighted by Gasteiger charge is 2.32. The van der Waals surface area contributed by atoms with Crippen LogP contribution < -0.4 is 5.73 Å². The molecule has 2 rings (SSSR count). The van der Waals surface area contributed by atoms with Crippen LogP contribution in [0.1, 0.15) is 37.9 Å². The molecule has 4 heteroatoms. The Morgan fingerprint density at radius 1 is 1.59 bits per heavy atom. The standard InChI is InChI=1S/C13H24N4/c1-10(12-7-8-15-17(12)3)16(2)13-6-4-5-11(13)9-14/h7-8,10-11,13H,4-6,9,14H2,1-3H3. The van der Waals surface area contributed by atoms with E-state index in [1.807, 2.05) is 17.9 Å². The summed E-state index contributed by atoms with van der Waals surface area (Å²) >= 11 is 0. The van der Waals surface area contributed by atoms with E-state index in [0.29, 0.717) is 18.0 Å². The number of aryl methyl sites for hydroxylation is 1. The fraction of sp³-hybridized carbons (Fsp3) is 0.769. The first-order valence-corrected chi connectivity index (χ1v) is 6.55. The van der Waals surface area contributed by atoms with Crippen LogP contribution in [0.15, 0.2) is 12.3 Å². The number of hydrogen-bond acceptors (Lipinski definition) is 3. The van der Waals surface area contributed by atoms with Crippen molar-refractivity contribution in [2.75, 3.05) is 13.6 Å². The molecule has 96 valence electrons. The number of hydrogen-bond donors (Lipinski definition) is 1. The molecule has 0 spiro atoms. The zero-order chi connectivity index (χ0) is 12.4. The van der Waals surface area contributed by atoms with Gasteiger partial charge in [-0.3, -0.25) is 9.58 Å². The summed E-state index contributed by atoms with van der Waals surface area (Å²) in [6, 6.07) is 3.14. The lowest BCUT2D eigenvalue weighted by atomic mass is 10.0. The third-order valence-corrected chi connectivity index (χ3v) is 4.34. The van der Waals surface area contributed by atoms with Crippen LogP contribution in [-0.4, -0.2) is 34.3 Å². The van der Waals surface area contributed by atoms with Crippen LogP contribution in [0, 0.1) is 5.92 Å². The monoisotopic (exact) mass is 236 g/mol. The molecule has 1 aromatic heterocycles. The number of nitrogens with zero attached hydrogens (tertiary/aromatic N) is 3. The van der Waals surface area contributed by atoms with E-state index < -0.39 is 0 Å². The molecular weight excluding hydrogens is 212 g/mol. The topological polar surface area (TPSA) is 47.1 Å². The number of nitrogens with two attached hydrogens (primary N) is 1. The molecule has 1 aliphatic carbocycles. The minimum Gasteiger partial charge on any atom is -0.330 e. The molecule has 3 unspecified atom stereocenters. The first kappa shape index (κ1) is 12.6. The molecule has 0 aliphatic heterocycles. The lowest BCUT2D eigenvalue weighted by Crippen LogP contribution is -2.39. The third-order valence-electron chi connectivity index (χ3n) is 4.34. The molecule has 0 amide bonds. The van der Waals surface area contributed by atoms with Crippen molar-refractivity contribution in [1.82, 2.24) is 14.7 Å². The van der Waals surface area contributed by atoms with E-state index in [1.54, 1.807) is 0 Å². The quantitative estimate of drug-likeness (QED) is 0.862. The zero-order valence-electron chi connectivity index (χ0n) is 11.1. The smallest absolute Gasteiger partial charge is 0.0549 e. The van der Waals surface area contributed by atoms with Gasteiger partial charge in [0.1, 0.15) is 0 Å². The van der Waals surface area contributed by atoms with Gasteiger partial charge in [-0.05, 0) is 45.3 Å². The molecule has 1 fully saturated rings. The van der Waals surface area contributed by atoms with Crippen LogP contribution in [0.25, 0.3) is 0 Å². The Morgan fingerprint density at radius 2 is 2.35 bits per heavy atom. The summed E-state index contributed by atoms with van der Waals surface area (Å²) < 4.78 is 1.97. The van der Waals surface area contributed by atoms with Gasteiger partial charge in [-0.25, -0.2) is 0 Å². The molecule has 0 saturated heterocycles. The molecule has 3 atom stereocenters. The van der Waals surface area contributed by atoms with Gasteiger partial charge in [0.15, 0.2) is 0 Å². The van der Waals surface area contributed by atoms with Crippen LogP contribution >= 0.6 is 0 Å². The Morgan fingerprint density at radius 3 is 2.94 bits per heavy atom. The van der Waals surface area contributed by atoms with Crippen LogP contribution in [0.4, 0.5) is 0 Å². The van der Waals surface area contributed by atoms with Gasteiger partial charge in [-0.2, -0.15) is 5.10 Å². The fourth-order valence-corrected chi connectivity index (χ4v) is 3.12. The molecule has 2 N–H and O–H groups in total. The molecule has 1 saturated carbocycles. The van der Waals surface area contributed by atoms with E-state index in [9.17, 15) is 0 Å². The lowest BCUT2D eigenvalue weighted by molar-refractivity contribution is 0.147. The van der Waals surface area contributed by atoms with Crippen LogP contribution in [-0.2, 0) is 7.05 Å². The highest BCUT2D eigenvalue weighted by atomic mass is 15.3. The maximum Gasteiger partial charge on any atom is 0.0549 e. The first-order chi connectivity index (χ1) is 8.15. The van der Waals surface area contributed by atoms with Crippen molar-refractivity contribution >= 4 is 0 Å². The molecule has 0 radical (unpaired) electrons. The third kappa shape index (κ3) is 2.38. The normalized spacial score (nSPS) is 26.6. The van der Waals surface area contributed by atoms with Crippen molar-refractivity contribution < 1.29 is 0 Å². The van der Waals surface area contributed by atoms with Crippen LogP contribution in [0.3, 0.4) is 0 Å². The van der Waals surface area contributed by atoms with E-state index in [2.05, 4.69) is 30.0 Å². The van der Waals surface area contributed by atoms with Gasteiger partial charge in [0.25, 0.3) is 0 Å². The minimum absolute atomic E-state index is 0.402. The average molecular weight is 236 g/mol. The summed E-state index contributed by atoms with van der Waals surface area (Å²) in [6.45, 7) is 3.07. The summed E-state index contributed by atoms with van der Waals surface area (Å²) in [7, 11) is 4.23. The second kappa shape index (κ2) is 5.19. The van der Waals surface area contributed by atoms with Crippen molar-refractivity contribution in [3.8, 4) is 0 Å². The second-order valence-corrected chi connectivity index (χ2v) is 5.22. The highest BCUT2D eigenvalue weighted by Crippen LogP contribution is 2.33. The average Bonchev–Trinajstić information content (AvgIpc) is 2.95. The predicted octanol–water partition coefficient (Wildman–Crippen LogP) is 1.54. The van der Waals surface area contributed by atoms with E-state index in [0.717, 1.165) is 6.54 Å². The van der Waals surface area contributed by atoms with Gasteiger partial charge in [-0.1, -0.05) is 6.42 Å². The van der Waals surface area contributed by atoms with E-state index in [-0.39, 0.29) is 0 Å². The molecule has 1 aromatic rings. The second-order valence-electron chi connectivity index (χ2n) is 5.22. The Kier molecular flexibility index (Phi) is 3.84. The highest BCUT2D eigenvalue weighted by molar-refractivity contribution is 5.06. The van der Waals surface area contributed by atoms with Crippen molar-refractivity contribution in [2.45, 2.75) is 38.3 Å². The fourth-order valence-electron chi connectivity index (χ4n) is 3.12. The van der Waals surface area contributed by atoms with Gasteiger partial charge in [0.05, 0.1) is 5.69 Å². The first-order valence-electron chi connectivity index (χ1n) is 6.55. The van der Waals surface area contributed by atoms with E-state index in [4.69, 9.17) is 5.73 Å². The molecule has 4 nitrogen and oxygen atoms in total. The Labute approximate surface area is 104 Å². The molecule has 0 bridgehead atoms. The van der Waals surface area contributed by atoms with E-state index >= 15 is 0 Å². The van der Waals surface area contributed by atoms with Crippen molar-refractivity contribution in [1.29, 1.82) is 0 Å². The Bertz CT molecular complexity index is 360. The van der Waals surface area contributed by atoms with Crippen molar-refractivity contribution in [3.63, 3.8) is 0 Å². The summed E-state index contributed by atoms with van der Waals surface area (Å²) in [5.74, 6) is 0.663. The van der Waals surface area contributed by atoms with Crippen molar-refractivity contribution in [3.05, 3.63) is 18.0 Å². The van der Waals surface area contributed by atoms with E-state index in [1.165, 1.54) is 25.0 Å². The summed E-state index contributed by atoms with van der Waals surface area (Å²) in [5, 5.41) is 4.25. The van der Waals surface area contributed by atoms with Crippen molar-refractivity contribution in [2.24, 2.45) is 18.7 Å². The van der Waals surface area contributed by atoms with Crippen LogP contribution in [0.5, 0.6) is 0 Å². The Hall–Kier alpha value is -0.870. The predicted molar refractivity (Wildman–Crippen MR) is 69.6 cm³/mol. The van der Waals surface area contributed by atoms with Gasteiger partial charge in [-0.15, -0.1) is 0 Å². The summed E-state index contributed by atoms with van der Waals surface area (Å²) in [5.41, 5.74) is 7.14. The van der Waals surface area contributed by atoms with Gasteiger partial charge < -0.3 is 5.73 Å². The van der Waals surface area contributed by atoms with Crippen LogP contribution in [0.2, 0.25) is 0 Å².